The second kappa shape index (κ2) is 11.4. The van der Waals surface area contributed by atoms with Gasteiger partial charge in [-0.25, -0.2) is 19.6 Å². The number of aromatic hydroxyl groups is 1. The Morgan fingerprint density at radius 2 is 1.90 bits per heavy atom. The zero-order chi connectivity index (χ0) is 29.3. The molecule has 0 aliphatic heterocycles. The van der Waals surface area contributed by atoms with Crippen LogP contribution < -0.4 is 5.32 Å². The third-order valence-electron chi connectivity index (χ3n) is 6.51. The summed E-state index contributed by atoms with van der Waals surface area (Å²) < 4.78 is 43.6. The highest BCUT2D eigenvalue weighted by atomic mass is 35.5. The number of benzene rings is 2. The molecule has 3 N–H and O–H groups in total. The minimum absolute atomic E-state index is 0.0207. The van der Waals surface area contributed by atoms with Gasteiger partial charge in [-0.3, -0.25) is 0 Å². The fourth-order valence-electron chi connectivity index (χ4n) is 4.46. The summed E-state index contributed by atoms with van der Waals surface area (Å²) >= 11 is 6.30. The average Bonchev–Trinajstić information content (AvgIpc) is 3.55. The summed E-state index contributed by atoms with van der Waals surface area (Å²) in [4.78, 5) is 12.9. The van der Waals surface area contributed by atoms with Crippen LogP contribution >= 0.6 is 11.6 Å². The van der Waals surface area contributed by atoms with Crippen molar-refractivity contribution in [1.29, 1.82) is 0 Å². The second-order valence-corrected chi connectivity index (χ2v) is 10.1. The van der Waals surface area contributed by atoms with Crippen LogP contribution in [0.15, 0.2) is 55.0 Å². The third kappa shape index (κ3) is 5.84. The molecule has 3 heterocycles. The lowest BCUT2D eigenvalue weighted by molar-refractivity contribution is -0.140. The van der Waals surface area contributed by atoms with Crippen LogP contribution in [0.5, 0.6) is 5.75 Å². The lowest BCUT2D eigenvalue weighted by atomic mass is 10.1. The van der Waals surface area contributed by atoms with Crippen molar-refractivity contribution in [3.63, 3.8) is 0 Å². The predicted molar refractivity (Wildman–Crippen MR) is 150 cm³/mol. The number of phenolic OH excluding ortho intramolecular Hbond substituents is 1. The molecule has 0 aliphatic rings. The van der Waals surface area contributed by atoms with Crippen molar-refractivity contribution < 1.29 is 23.4 Å². The van der Waals surface area contributed by atoms with Gasteiger partial charge < -0.3 is 20.1 Å². The van der Waals surface area contributed by atoms with E-state index >= 15 is 0 Å². The first-order valence-corrected chi connectivity index (χ1v) is 13.2. The summed E-state index contributed by atoms with van der Waals surface area (Å²) in [6.07, 6.45) is 0.149. The van der Waals surface area contributed by atoms with Gasteiger partial charge in [0.05, 0.1) is 28.7 Å². The van der Waals surface area contributed by atoms with Crippen LogP contribution in [0.2, 0.25) is 5.02 Å². The minimum Gasteiger partial charge on any atom is -0.507 e. The standard InChI is InChI=1S/C28H27ClF3N7O2/c1-16(2)38-15-23(28(30,31)32)36-26(38)17-7-8-18(21(11-17)33-9-4-10-40)14-39-27-19(13-35-39)12-34-25(37-27)24-20(29)5-3-6-22(24)41/h3,5-8,11-13,15-16,33,40-41H,4,9-10,14H2,1-2H3. The monoisotopic (exact) mass is 585 g/mol. The summed E-state index contributed by atoms with van der Waals surface area (Å²) in [6.45, 7) is 4.27. The fraction of sp³-hybridized carbons (Fsp3) is 0.286. The molecule has 5 rings (SSSR count). The highest BCUT2D eigenvalue weighted by Crippen LogP contribution is 2.35. The maximum atomic E-state index is 13.5. The van der Waals surface area contributed by atoms with E-state index in [0.29, 0.717) is 45.8 Å². The highest BCUT2D eigenvalue weighted by molar-refractivity contribution is 6.33. The molecule has 0 spiro atoms. The lowest BCUT2D eigenvalue weighted by Crippen LogP contribution is -2.10. The van der Waals surface area contributed by atoms with Crippen LogP contribution in [0.4, 0.5) is 18.9 Å². The quantitative estimate of drug-likeness (QED) is 0.178. The van der Waals surface area contributed by atoms with Crippen LogP contribution in [-0.2, 0) is 12.7 Å². The highest BCUT2D eigenvalue weighted by Gasteiger charge is 2.35. The van der Waals surface area contributed by atoms with Crippen LogP contribution in [0.1, 0.15) is 37.6 Å². The molecule has 214 valence electrons. The van der Waals surface area contributed by atoms with E-state index in [-0.39, 0.29) is 36.6 Å². The van der Waals surface area contributed by atoms with E-state index in [1.54, 1.807) is 61.3 Å². The number of hydrogen-bond acceptors (Lipinski definition) is 7. The molecule has 0 bridgehead atoms. The van der Waals surface area contributed by atoms with E-state index in [1.807, 2.05) is 0 Å². The molecule has 2 aromatic carbocycles. The average molecular weight is 586 g/mol. The number of anilines is 1. The van der Waals surface area contributed by atoms with Crippen molar-refractivity contribution in [1.82, 2.24) is 29.3 Å². The molecule has 3 aromatic heterocycles. The van der Waals surface area contributed by atoms with Gasteiger partial charge in [0.25, 0.3) is 0 Å². The first kappa shape index (κ1) is 28.4. The maximum Gasteiger partial charge on any atom is 0.434 e. The summed E-state index contributed by atoms with van der Waals surface area (Å²) in [5.41, 5.74) is 1.81. The van der Waals surface area contributed by atoms with Gasteiger partial charge in [0.2, 0.25) is 0 Å². The number of alkyl halides is 3. The summed E-state index contributed by atoms with van der Waals surface area (Å²) in [6, 6.07) is 9.79. The first-order valence-electron chi connectivity index (χ1n) is 12.9. The van der Waals surface area contributed by atoms with Gasteiger partial charge in [-0.15, -0.1) is 0 Å². The number of aliphatic hydroxyl groups excluding tert-OH is 1. The molecule has 9 nitrogen and oxygen atoms in total. The number of phenols is 1. The van der Waals surface area contributed by atoms with E-state index in [9.17, 15) is 23.4 Å². The number of hydrogen-bond donors (Lipinski definition) is 3. The molecule has 0 fully saturated rings. The largest absolute Gasteiger partial charge is 0.507 e. The number of aliphatic hydroxyl groups is 1. The van der Waals surface area contributed by atoms with Crippen molar-refractivity contribution in [3.8, 4) is 28.5 Å². The minimum atomic E-state index is -4.57. The van der Waals surface area contributed by atoms with Gasteiger partial charge in [0.1, 0.15) is 11.6 Å². The molecular formula is C28H27ClF3N7O2. The Labute approximate surface area is 238 Å². The van der Waals surface area contributed by atoms with Crippen molar-refractivity contribution >= 4 is 28.3 Å². The van der Waals surface area contributed by atoms with Gasteiger partial charge in [-0.1, -0.05) is 29.8 Å². The Bertz CT molecular complexity index is 1680. The van der Waals surface area contributed by atoms with Gasteiger partial charge >= 0.3 is 6.18 Å². The third-order valence-corrected chi connectivity index (χ3v) is 6.82. The van der Waals surface area contributed by atoms with Crippen molar-refractivity contribution in [2.75, 3.05) is 18.5 Å². The Morgan fingerprint density at radius 3 is 2.61 bits per heavy atom. The smallest absolute Gasteiger partial charge is 0.434 e. The number of nitrogens with one attached hydrogen (secondary N) is 1. The van der Waals surface area contributed by atoms with E-state index in [4.69, 9.17) is 11.6 Å². The molecule has 0 aliphatic carbocycles. The lowest BCUT2D eigenvalue weighted by Gasteiger charge is -2.16. The number of rotatable bonds is 9. The molecule has 0 saturated heterocycles. The molecule has 0 atom stereocenters. The maximum absolute atomic E-state index is 13.5. The molecular weight excluding hydrogens is 559 g/mol. The van der Waals surface area contributed by atoms with Crippen LogP contribution in [-0.4, -0.2) is 52.7 Å². The molecule has 0 amide bonds. The zero-order valence-electron chi connectivity index (χ0n) is 22.2. The fourth-order valence-corrected chi connectivity index (χ4v) is 4.71. The van der Waals surface area contributed by atoms with Crippen LogP contribution in [0.3, 0.4) is 0 Å². The second-order valence-electron chi connectivity index (χ2n) is 9.73. The predicted octanol–water partition coefficient (Wildman–Crippen LogP) is 6.16. The van der Waals surface area contributed by atoms with E-state index < -0.39 is 11.9 Å². The number of fused-ring (bicyclic) bond motifs is 1. The topological polar surface area (TPSA) is 114 Å². The SMILES string of the molecule is CC(C)n1cc(C(F)(F)F)nc1-c1ccc(Cn2ncc3cnc(-c4c(O)cccc4Cl)nc32)c(NCCCO)c1. The van der Waals surface area contributed by atoms with Gasteiger partial charge in [0.15, 0.2) is 17.2 Å². The molecule has 0 saturated carbocycles. The van der Waals surface area contributed by atoms with Crippen molar-refractivity contribution in [2.45, 2.75) is 39.0 Å². The van der Waals surface area contributed by atoms with Gasteiger partial charge in [0, 0.05) is 42.8 Å². The van der Waals surface area contributed by atoms with Crippen molar-refractivity contribution in [3.05, 3.63) is 71.3 Å². The Balaban J connectivity index is 1.55. The van der Waals surface area contributed by atoms with Crippen LogP contribution in [0.25, 0.3) is 33.8 Å². The number of aromatic nitrogens is 6. The van der Waals surface area contributed by atoms with Crippen molar-refractivity contribution in [2.24, 2.45) is 0 Å². The Hall–Kier alpha value is -4.16. The summed E-state index contributed by atoms with van der Waals surface area (Å²) in [5, 5.41) is 28.4. The number of nitrogens with zero attached hydrogens (tertiary/aromatic N) is 6. The number of halogens is 4. The Kier molecular flexibility index (Phi) is 7.87. The van der Waals surface area contributed by atoms with Gasteiger partial charge in [-0.2, -0.15) is 18.3 Å². The summed E-state index contributed by atoms with van der Waals surface area (Å²) in [5.74, 6) is 0.382. The van der Waals surface area contributed by atoms with E-state index in [1.165, 1.54) is 10.6 Å². The molecule has 13 heteroatoms. The molecule has 41 heavy (non-hydrogen) atoms. The molecule has 0 radical (unpaired) electrons. The van der Waals surface area contributed by atoms with Crippen LogP contribution in [0, 0.1) is 0 Å². The van der Waals surface area contributed by atoms with E-state index in [0.717, 1.165) is 11.8 Å². The first-order chi connectivity index (χ1) is 19.6. The molecule has 5 aromatic rings. The zero-order valence-corrected chi connectivity index (χ0v) is 22.9. The normalized spacial score (nSPS) is 12.0. The van der Waals surface area contributed by atoms with E-state index in [2.05, 4.69) is 25.4 Å². The Morgan fingerprint density at radius 1 is 1.10 bits per heavy atom. The number of imidazole rings is 1. The van der Waals surface area contributed by atoms with Gasteiger partial charge in [-0.05, 0) is 44.0 Å². The summed E-state index contributed by atoms with van der Waals surface area (Å²) in [7, 11) is 0. The molecule has 0 unspecified atom stereocenters.